The van der Waals surface area contributed by atoms with Crippen molar-refractivity contribution in [3.05, 3.63) is 12.2 Å². The Bertz CT molecular complexity index is 409. The Kier molecular flexibility index (Phi) is 4.61. The number of hydroxylamine groups is 2. The Morgan fingerprint density at radius 3 is 2.10 bits per heavy atom. The molecule has 6 heteroatoms. The number of carboxylic acid groups (broad SMARTS) is 1. The molecule has 0 aromatic rings. The third-order valence-electron chi connectivity index (χ3n) is 3.51. The van der Waals surface area contributed by atoms with Crippen molar-refractivity contribution in [1.82, 2.24) is 5.06 Å². The van der Waals surface area contributed by atoms with Crippen molar-refractivity contribution in [2.75, 3.05) is 0 Å². The summed E-state index contributed by atoms with van der Waals surface area (Å²) in [6, 6.07) is 0. The standard InChI is InChI=1S/C14H22NO5/c1-9(12(17)18)6-11(16)20-10-7-13(2,3)15(19)14(4,5)8-10/h10H,1,6-8H2,2-5H3,(H,17,18). The van der Waals surface area contributed by atoms with E-state index < -0.39 is 23.0 Å². The van der Waals surface area contributed by atoms with Crippen LogP contribution in [-0.4, -0.2) is 39.3 Å². The van der Waals surface area contributed by atoms with E-state index in [-0.39, 0.29) is 18.1 Å². The first-order valence-electron chi connectivity index (χ1n) is 6.54. The van der Waals surface area contributed by atoms with E-state index in [1.54, 1.807) is 27.7 Å². The smallest absolute Gasteiger partial charge is 0.331 e. The largest absolute Gasteiger partial charge is 0.478 e. The molecule has 1 aliphatic rings. The van der Waals surface area contributed by atoms with Crippen molar-refractivity contribution in [2.24, 2.45) is 0 Å². The summed E-state index contributed by atoms with van der Waals surface area (Å²) < 4.78 is 5.30. The Labute approximate surface area is 119 Å². The molecule has 0 unspecified atom stereocenters. The Hall–Kier alpha value is -1.40. The summed E-state index contributed by atoms with van der Waals surface area (Å²) in [5, 5.41) is 21.9. The fourth-order valence-corrected chi connectivity index (χ4v) is 2.73. The second-order valence-corrected chi connectivity index (χ2v) is 6.52. The summed E-state index contributed by atoms with van der Waals surface area (Å²) in [6.45, 7) is 10.5. The highest BCUT2D eigenvalue weighted by molar-refractivity contribution is 5.91. The van der Waals surface area contributed by atoms with Gasteiger partial charge in [0.25, 0.3) is 0 Å². The van der Waals surface area contributed by atoms with Crippen molar-refractivity contribution in [2.45, 2.75) is 64.1 Å². The molecule has 1 rings (SSSR count). The number of hydrogen-bond acceptors (Lipinski definition) is 4. The van der Waals surface area contributed by atoms with Crippen LogP contribution in [0.3, 0.4) is 0 Å². The average molecular weight is 284 g/mol. The molecule has 0 spiro atoms. The lowest BCUT2D eigenvalue weighted by atomic mass is 9.80. The average Bonchev–Trinajstić information content (AvgIpc) is 2.24. The molecule has 6 nitrogen and oxygen atoms in total. The predicted octanol–water partition coefficient (Wildman–Crippen LogP) is 1.93. The zero-order valence-corrected chi connectivity index (χ0v) is 12.4. The maximum absolute atomic E-state index is 12.2. The number of nitrogens with zero attached hydrogens (tertiary/aromatic N) is 1. The molecule has 0 atom stereocenters. The van der Waals surface area contributed by atoms with E-state index in [2.05, 4.69) is 6.58 Å². The zero-order valence-electron chi connectivity index (χ0n) is 12.4. The summed E-state index contributed by atoms with van der Waals surface area (Å²) in [7, 11) is 0. The molecule has 1 fully saturated rings. The van der Waals surface area contributed by atoms with Crippen LogP contribution in [0.25, 0.3) is 0 Å². The molecule has 0 aromatic carbocycles. The number of carboxylic acids is 1. The highest BCUT2D eigenvalue weighted by Gasteiger charge is 2.47. The molecule has 113 valence electrons. The van der Waals surface area contributed by atoms with Crippen LogP contribution in [0.5, 0.6) is 0 Å². The number of hydrogen-bond donors (Lipinski definition) is 1. The zero-order chi connectivity index (χ0) is 15.7. The summed E-state index contributed by atoms with van der Waals surface area (Å²) in [4.78, 5) is 22.3. The van der Waals surface area contributed by atoms with E-state index in [0.29, 0.717) is 12.8 Å². The van der Waals surface area contributed by atoms with Crippen molar-refractivity contribution in [1.29, 1.82) is 0 Å². The van der Waals surface area contributed by atoms with Gasteiger partial charge in [-0.05, 0) is 27.7 Å². The number of ether oxygens (including phenoxy) is 1. The molecule has 0 bridgehead atoms. The second kappa shape index (κ2) is 5.54. The van der Waals surface area contributed by atoms with E-state index in [0.717, 1.165) is 5.06 Å². The van der Waals surface area contributed by atoms with Gasteiger partial charge in [0.15, 0.2) is 0 Å². The van der Waals surface area contributed by atoms with Gasteiger partial charge >= 0.3 is 11.9 Å². The number of carbonyl (C=O) groups excluding carboxylic acids is 1. The van der Waals surface area contributed by atoms with E-state index >= 15 is 0 Å². The lowest BCUT2D eigenvalue weighted by molar-refractivity contribution is -0.299. The normalized spacial score (nSPS) is 22.2. The quantitative estimate of drug-likeness (QED) is 0.629. The number of carbonyl (C=O) groups is 2. The fourth-order valence-electron chi connectivity index (χ4n) is 2.73. The van der Waals surface area contributed by atoms with Gasteiger partial charge in [-0.15, -0.1) is 10.3 Å². The van der Waals surface area contributed by atoms with Crippen LogP contribution < -0.4 is 0 Å². The van der Waals surface area contributed by atoms with Crippen molar-refractivity contribution in [3.8, 4) is 0 Å². The molecular formula is C14H22NO5. The van der Waals surface area contributed by atoms with E-state index in [4.69, 9.17) is 9.84 Å². The van der Waals surface area contributed by atoms with Crippen LogP contribution in [0, 0.1) is 0 Å². The number of piperidine rings is 1. The third-order valence-corrected chi connectivity index (χ3v) is 3.51. The Morgan fingerprint density at radius 1 is 1.25 bits per heavy atom. The van der Waals surface area contributed by atoms with Crippen molar-refractivity contribution < 1.29 is 24.6 Å². The van der Waals surface area contributed by atoms with Gasteiger partial charge in [-0.2, -0.15) is 0 Å². The summed E-state index contributed by atoms with van der Waals surface area (Å²) in [5.74, 6) is -1.83. The van der Waals surface area contributed by atoms with Crippen LogP contribution in [0.4, 0.5) is 0 Å². The number of esters is 1. The van der Waals surface area contributed by atoms with Crippen LogP contribution in [0.1, 0.15) is 47.0 Å². The minimum atomic E-state index is -1.21. The van der Waals surface area contributed by atoms with Crippen molar-refractivity contribution in [3.63, 3.8) is 0 Å². The molecule has 0 aliphatic carbocycles. The molecule has 1 saturated heterocycles. The summed E-state index contributed by atoms with van der Waals surface area (Å²) in [5.41, 5.74) is -1.46. The lowest BCUT2D eigenvalue weighted by Gasteiger charge is -2.49. The SMILES string of the molecule is C=C(CC(=O)OC1CC(C)(C)N([O])C(C)(C)C1)C(=O)O. The summed E-state index contributed by atoms with van der Waals surface area (Å²) in [6.07, 6.45) is 0.115. The molecule has 1 aliphatic heterocycles. The van der Waals surface area contributed by atoms with Crippen LogP contribution in [0.15, 0.2) is 12.2 Å². The Balaban J connectivity index is 2.67. The lowest BCUT2D eigenvalue weighted by Crippen LogP contribution is -2.60. The minimum Gasteiger partial charge on any atom is -0.478 e. The highest BCUT2D eigenvalue weighted by atomic mass is 16.5. The number of rotatable bonds is 4. The van der Waals surface area contributed by atoms with Gasteiger partial charge in [-0.25, -0.2) is 4.79 Å². The van der Waals surface area contributed by atoms with Gasteiger partial charge < -0.3 is 9.84 Å². The monoisotopic (exact) mass is 284 g/mol. The molecule has 0 amide bonds. The van der Waals surface area contributed by atoms with Gasteiger partial charge in [0, 0.05) is 29.5 Å². The molecule has 1 radical (unpaired) electrons. The van der Waals surface area contributed by atoms with E-state index in [1.165, 1.54) is 0 Å². The first-order chi connectivity index (χ1) is 8.95. The molecule has 20 heavy (non-hydrogen) atoms. The van der Waals surface area contributed by atoms with E-state index in [1.807, 2.05) is 0 Å². The highest BCUT2D eigenvalue weighted by Crippen LogP contribution is 2.38. The summed E-state index contributed by atoms with van der Waals surface area (Å²) >= 11 is 0. The van der Waals surface area contributed by atoms with Gasteiger partial charge in [-0.3, -0.25) is 4.79 Å². The van der Waals surface area contributed by atoms with Crippen LogP contribution >= 0.6 is 0 Å². The molecular weight excluding hydrogens is 262 g/mol. The molecule has 1 heterocycles. The topological polar surface area (TPSA) is 86.7 Å². The first-order valence-corrected chi connectivity index (χ1v) is 6.54. The van der Waals surface area contributed by atoms with E-state index in [9.17, 15) is 14.8 Å². The van der Waals surface area contributed by atoms with Crippen LogP contribution in [-0.2, 0) is 19.5 Å². The van der Waals surface area contributed by atoms with Gasteiger partial charge in [0.2, 0.25) is 0 Å². The van der Waals surface area contributed by atoms with Gasteiger partial charge in [0.1, 0.15) is 6.10 Å². The minimum absolute atomic E-state index is 0.199. The van der Waals surface area contributed by atoms with Crippen LogP contribution in [0.2, 0.25) is 0 Å². The van der Waals surface area contributed by atoms with Crippen molar-refractivity contribution >= 4 is 11.9 Å². The molecule has 1 N–H and O–H groups in total. The third kappa shape index (κ3) is 3.80. The first kappa shape index (κ1) is 16.7. The fraction of sp³-hybridized carbons (Fsp3) is 0.714. The Morgan fingerprint density at radius 2 is 1.70 bits per heavy atom. The van der Waals surface area contributed by atoms with Gasteiger partial charge in [-0.1, -0.05) is 6.58 Å². The second-order valence-electron chi connectivity index (χ2n) is 6.52. The predicted molar refractivity (Wildman–Crippen MR) is 71.2 cm³/mol. The molecule has 0 aromatic heterocycles. The van der Waals surface area contributed by atoms with Gasteiger partial charge in [0.05, 0.1) is 6.42 Å². The maximum atomic E-state index is 12.2. The molecule has 0 saturated carbocycles. The number of aliphatic carboxylic acids is 1. The maximum Gasteiger partial charge on any atom is 0.331 e.